The highest BCUT2D eigenvalue weighted by atomic mass is 32.1. The number of anilines is 2. The lowest BCUT2D eigenvalue weighted by Crippen LogP contribution is -1.98. The van der Waals surface area contributed by atoms with Crippen molar-refractivity contribution in [2.75, 3.05) is 5.32 Å². The molecule has 78 valence electrons. The lowest BCUT2D eigenvalue weighted by Gasteiger charge is -2.06. The monoisotopic (exact) mass is 220 g/mol. The highest BCUT2D eigenvalue weighted by molar-refractivity contribution is 7.10. The number of nitrogens with zero attached hydrogens (tertiary/aromatic N) is 3. The van der Waals surface area contributed by atoms with Crippen LogP contribution in [0.3, 0.4) is 0 Å². The van der Waals surface area contributed by atoms with Crippen LogP contribution in [0.15, 0.2) is 12.4 Å². The number of rotatable bonds is 2. The first-order valence-electron chi connectivity index (χ1n) is 4.65. The smallest absolute Gasteiger partial charge is 0.137 e. The quantitative estimate of drug-likeness (QED) is 0.845. The molecule has 0 aromatic carbocycles. The summed E-state index contributed by atoms with van der Waals surface area (Å²) in [7, 11) is 0. The highest BCUT2D eigenvalue weighted by Crippen LogP contribution is 2.22. The van der Waals surface area contributed by atoms with Crippen molar-refractivity contribution in [3.8, 4) is 0 Å². The van der Waals surface area contributed by atoms with E-state index < -0.39 is 0 Å². The lowest BCUT2D eigenvalue weighted by atomic mass is 10.2. The van der Waals surface area contributed by atoms with Crippen LogP contribution >= 0.6 is 11.5 Å². The van der Waals surface area contributed by atoms with Gasteiger partial charge in [0.25, 0.3) is 0 Å². The van der Waals surface area contributed by atoms with Crippen LogP contribution in [-0.4, -0.2) is 14.3 Å². The van der Waals surface area contributed by atoms with Crippen LogP contribution in [0.5, 0.6) is 0 Å². The van der Waals surface area contributed by atoms with Gasteiger partial charge in [0.15, 0.2) is 0 Å². The molecule has 1 N–H and O–H groups in total. The average Bonchev–Trinajstić information content (AvgIpc) is 2.59. The molecule has 0 fully saturated rings. The molecule has 0 spiro atoms. The normalized spacial score (nSPS) is 10.3. The van der Waals surface area contributed by atoms with Crippen LogP contribution in [0, 0.1) is 20.8 Å². The first kappa shape index (κ1) is 10.0. The van der Waals surface area contributed by atoms with E-state index in [1.54, 1.807) is 6.33 Å². The molecule has 4 nitrogen and oxygen atoms in total. The minimum atomic E-state index is 0.853. The fourth-order valence-corrected chi connectivity index (χ4v) is 1.86. The van der Waals surface area contributed by atoms with E-state index in [0.29, 0.717) is 0 Å². The highest BCUT2D eigenvalue weighted by Gasteiger charge is 2.05. The van der Waals surface area contributed by atoms with E-state index in [0.717, 1.165) is 27.8 Å². The maximum Gasteiger partial charge on any atom is 0.137 e. The van der Waals surface area contributed by atoms with Crippen molar-refractivity contribution < 1.29 is 0 Å². The molecule has 0 atom stereocenters. The molecule has 0 aliphatic rings. The van der Waals surface area contributed by atoms with Crippen molar-refractivity contribution in [2.24, 2.45) is 0 Å². The molecule has 2 aromatic rings. The zero-order valence-corrected chi connectivity index (χ0v) is 9.72. The van der Waals surface area contributed by atoms with Gasteiger partial charge in [-0.25, -0.2) is 9.97 Å². The van der Waals surface area contributed by atoms with E-state index in [1.165, 1.54) is 11.5 Å². The molecule has 0 unspecified atom stereocenters. The van der Waals surface area contributed by atoms with Crippen molar-refractivity contribution in [2.45, 2.75) is 20.8 Å². The van der Waals surface area contributed by atoms with E-state index in [-0.39, 0.29) is 0 Å². The Labute approximate surface area is 92.6 Å². The first-order valence-corrected chi connectivity index (χ1v) is 5.42. The van der Waals surface area contributed by atoms with Crippen molar-refractivity contribution in [1.82, 2.24) is 14.3 Å². The van der Waals surface area contributed by atoms with Gasteiger partial charge in [0, 0.05) is 11.3 Å². The van der Waals surface area contributed by atoms with Gasteiger partial charge in [-0.05, 0) is 38.4 Å². The van der Waals surface area contributed by atoms with Crippen LogP contribution < -0.4 is 5.32 Å². The second-order valence-electron chi connectivity index (χ2n) is 3.39. The third-order valence-corrected chi connectivity index (χ3v) is 3.00. The number of hydrogen-bond donors (Lipinski definition) is 1. The Morgan fingerprint density at radius 3 is 2.67 bits per heavy atom. The zero-order valence-electron chi connectivity index (χ0n) is 8.90. The Morgan fingerprint density at radius 2 is 2.00 bits per heavy atom. The Balaban J connectivity index is 2.28. The molecule has 2 aromatic heterocycles. The summed E-state index contributed by atoms with van der Waals surface area (Å²) in [6, 6.07) is 2.00. The molecule has 15 heavy (non-hydrogen) atoms. The van der Waals surface area contributed by atoms with Crippen molar-refractivity contribution in [3.05, 3.63) is 29.3 Å². The van der Waals surface area contributed by atoms with Gasteiger partial charge in [-0.2, -0.15) is 4.37 Å². The van der Waals surface area contributed by atoms with Gasteiger partial charge >= 0.3 is 0 Å². The SMILES string of the molecule is Cc1cc(Nc2ncnc(C)c2C)sn1. The van der Waals surface area contributed by atoms with E-state index >= 15 is 0 Å². The summed E-state index contributed by atoms with van der Waals surface area (Å²) >= 11 is 1.44. The van der Waals surface area contributed by atoms with Gasteiger partial charge in [-0.1, -0.05) is 0 Å². The van der Waals surface area contributed by atoms with Crippen molar-refractivity contribution in [3.63, 3.8) is 0 Å². The summed E-state index contributed by atoms with van der Waals surface area (Å²) in [4.78, 5) is 8.32. The van der Waals surface area contributed by atoms with Gasteiger partial charge in [-0.15, -0.1) is 0 Å². The average molecular weight is 220 g/mol. The third kappa shape index (κ3) is 2.12. The van der Waals surface area contributed by atoms with Crippen molar-refractivity contribution >= 4 is 22.4 Å². The van der Waals surface area contributed by atoms with Crippen LogP contribution in [0.4, 0.5) is 10.8 Å². The van der Waals surface area contributed by atoms with Crippen LogP contribution in [0.2, 0.25) is 0 Å². The molecule has 2 heterocycles. The minimum absolute atomic E-state index is 0.853. The fraction of sp³-hybridized carbons (Fsp3) is 0.300. The summed E-state index contributed by atoms with van der Waals surface area (Å²) in [5.41, 5.74) is 3.09. The van der Waals surface area contributed by atoms with Crippen molar-refractivity contribution in [1.29, 1.82) is 0 Å². The molecule has 5 heteroatoms. The van der Waals surface area contributed by atoms with Crippen LogP contribution in [0.1, 0.15) is 17.0 Å². The second-order valence-corrected chi connectivity index (χ2v) is 4.20. The Morgan fingerprint density at radius 1 is 1.20 bits per heavy atom. The van der Waals surface area contributed by atoms with E-state index in [9.17, 15) is 0 Å². The maximum atomic E-state index is 4.20. The van der Waals surface area contributed by atoms with Gasteiger partial charge in [0.2, 0.25) is 0 Å². The van der Waals surface area contributed by atoms with Gasteiger partial charge in [0.05, 0.1) is 5.69 Å². The van der Waals surface area contributed by atoms with E-state index in [2.05, 4.69) is 19.7 Å². The Kier molecular flexibility index (Phi) is 2.64. The predicted octanol–water partition coefficient (Wildman–Crippen LogP) is 2.60. The molecule has 0 amide bonds. The summed E-state index contributed by atoms with van der Waals surface area (Å²) in [5.74, 6) is 0.853. The number of aromatic nitrogens is 3. The summed E-state index contributed by atoms with van der Waals surface area (Å²) in [6.07, 6.45) is 1.57. The standard InChI is InChI=1S/C10H12N4S/c1-6-4-9(15-14-6)13-10-7(2)8(3)11-5-12-10/h4-5H,1-3H3,(H,11,12,13). The minimum Gasteiger partial charge on any atom is -0.330 e. The van der Waals surface area contributed by atoms with Crippen LogP contribution in [-0.2, 0) is 0 Å². The number of aryl methyl sites for hydroxylation is 2. The summed E-state index contributed by atoms with van der Waals surface area (Å²) in [6.45, 7) is 5.95. The predicted molar refractivity (Wildman–Crippen MR) is 61.6 cm³/mol. The van der Waals surface area contributed by atoms with Gasteiger partial charge in [-0.3, -0.25) is 0 Å². The third-order valence-electron chi connectivity index (χ3n) is 2.21. The largest absolute Gasteiger partial charge is 0.330 e. The molecule has 0 saturated carbocycles. The van der Waals surface area contributed by atoms with E-state index in [4.69, 9.17) is 0 Å². The molecule has 0 aliphatic carbocycles. The topological polar surface area (TPSA) is 50.7 Å². The van der Waals surface area contributed by atoms with E-state index in [1.807, 2.05) is 26.8 Å². The number of nitrogens with one attached hydrogen (secondary N) is 1. The molecule has 0 aliphatic heterocycles. The molecule has 0 radical (unpaired) electrons. The molecule has 2 rings (SSSR count). The Bertz CT molecular complexity index is 478. The fourth-order valence-electron chi connectivity index (χ4n) is 1.20. The van der Waals surface area contributed by atoms with Gasteiger partial charge < -0.3 is 5.32 Å². The molecule has 0 saturated heterocycles. The number of hydrogen-bond acceptors (Lipinski definition) is 5. The second kappa shape index (κ2) is 3.94. The molecule has 0 bridgehead atoms. The lowest BCUT2D eigenvalue weighted by molar-refractivity contribution is 1.07. The summed E-state index contributed by atoms with van der Waals surface area (Å²) in [5, 5.41) is 4.25. The maximum absolute atomic E-state index is 4.20. The summed E-state index contributed by atoms with van der Waals surface area (Å²) < 4.78 is 4.20. The Hall–Kier alpha value is -1.49. The van der Waals surface area contributed by atoms with Gasteiger partial charge in [0.1, 0.15) is 17.1 Å². The zero-order chi connectivity index (χ0) is 10.8. The molecular formula is C10H12N4S. The first-order chi connectivity index (χ1) is 7.16. The van der Waals surface area contributed by atoms with Crippen LogP contribution in [0.25, 0.3) is 0 Å². The molecular weight excluding hydrogens is 208 g/mol.